The fourth-order valence-corrected chi connectivity index (χ4v) is 0.673. The Kier molecular flexibility index (Phi) is 10.2. The van der Waals surface area contributed by atoms with Gasteiger partial charge in [-0.15, -0.1) is 0 Å². The second-order valence-corrected chi connectivity index (χ2v) is 3.53. The van der Waals surface area contributed by atoms with Crippen molar-refractivity contribution >= 4 is 11.9 Å². The zero-order valence-corrected chi connectivity index (χ0v) is 10.3. The summed E-state index contributed by atoms with van der Waals surface area (Å²) < 4.78 is 31.7. The fourth-order valence-electron chi connectivity index (χ4n) is 0.673. The molecule has 0 saturated heterocycles. The van der Waals surface area contributed by atoms with Gasteiger partial charge in [-0.05, 0) is 27.1 Å². The normalized spacial score (nSPS) is 10.6. The number of aliphatic carboxylic acids is 1. The second kappa shape index (κ2) is 9.66. The van der Waals surface area contributed by atoms with Gasteiger partial charge in [0.25, 0.3) is 0 Å². The number of amides is 1. The molecule has 0 aliphatic carbocycles. The highest BCUT2D eigenvalue weighted by molar-refractivity contribution is 5.77. The van der Waals surface area contributed by atoms with E-state index in [0.717, 1.165) is 6.42 Å². The van der Waals surface area contributed by atoms with Gasteiger partial charge in [-0.1, -0.05) is 0 Å². The molecule has 0 radical (unpaired) electrons. The van der Waals surface area contributed by atoms with E-state index in [1.807, 2.05) is 19.0 Å². The van der Waals surface area contributed by atoms with Crippen LogP contribution < -0.4 is 11.1 Å². The zero-order chi connectivity index (χ0) is 14.8. The number of hydrogen-bond donors (Lipinski definition) is 3. The molecule has 1 amide bonds. The van der Waals surface area contributed by atoms with Crippen molar-refractivity contribution in [3.8, 4) is 0 Å². The number of rotatable bonds is 5. The molecule has 0 atom stereocenters. The van der Waals surface area contributed by atoms with E-state index >= 15 is 0 Å². The summed E-state index contributed by atoms with van der Waals surface area (Å²) in [6.07, 6.45) is -4.24. The summed E-state index contributed by atoms with van der Waals surface area (Å²) in [5.74, 6) is -2.70. The number of carbonyl (C=O) groups excluding carboxylic acids is 1. The number of halogens is 3. The number of hydrogen-bond acceptors (Lipinski definition) is 4. The Morgan fingerprint density at radius 3 is 2.06 bits per heavy atom. The summed E-state index contributed by atoms with van der Waals surface area (Å²) in [5, 5.41) is 9.88. The molecule has 0 spiro atoms. The first-order chi connectivity index (χ1) is 8.11. The highest BCUT2D eigenvalue weighted by Crippen LogP contribution is 2.13. The molecule has 0 bridgehead atoms. The van der Waals surface area contributed by atoms with Crippen LogP contribution in [0.3, 0.4) is 0 Å². The predicted molar refractivity (Wildman–Crippen MR) is 58.9 cm³/mol. The SMILES string of the molecule is CN(C)CC(=O)NCCCN.O=C(O)C(F)(F)F. The van der Waals surface area contributed by atoms with Gasteiger partial charge >= 0.3 is 12.1 Å². The van der Waals surface area contributed by atoms with Crippen molar-refractivity contribution in [2.45, 2.75) is 12.6 Å². The first-order valence-electron chi connectivity index (χ1n) is 5.02. The molecule has 18 heavy (non-hydrogen) atoms. The lowest BCUT2D eigenvalue weighted by atomic mass is 10.4. The number of carboxylic acid groups (broad SMARTS) is 1. The van der Waals surface area contributed by atoms with Crippen LogP contribution in [0.1, 0.15) is 6.42 Å². The standard InChI is InChI=1S/C7H17N3O.C2HF3O2/c1-10(2)6-7(11)9-5-3-4-8;3-2(4,5)1(6)7/h3-6,8H2,1-2H3,(H,9,11);(H,6,7). The minimum Gasteiger partial charge on any atom is -0.475 e. The second-order valence-electron chi connectivity index (χ2n) is 3.53. The predicted octanol–water partition coefficient (Wildman–Crippen LogP) is -0.354. The average Bonchev–Trinajstić information content (AvgIpc) is 2.16. The van der Waals surface area contributed by atoms with E-state index in [1.165, 1.54) is 0 Å². The third kappa shape index (κ3) is 14.6. The quantitative estimate of drug-likeness (QED) is 0.595. The van der Waals surface area contributed by atoms with E-state index in [1.54, 1.807) is 0 Å². The van der Waals surface area contributed by atoms with Crippen molar-refractivity contribution in [3.05, 3.63) is 0 Å². The lowest BCUT2D eigenvalue weighted by molar-refractivity contribution is -0.192. The Morgan fingerprint density at radius 2 is 1.78 bits per heavy atom. The van der Waals surface area contributed by atoms with Crippen molar-refractivity contribution in [2.24, 2.45) is 5.73 Å². The van der Waals surface area contributed by atoms with Crippen molar-refractivity contribution in [1.29, 1.82) is 0 Å². The average molecular weight is 273 g/mol. The topological polar surface area (TPSA) is 95.7 Å². The van der Waals surface area contributed by atoms with Gasteiger partial charge in [-0.3, -0.25) is 4.79 Å². The molecule has 0 unspecified atom stereocenters. The Hall–Kier alpha value is -1.35. The molecule has 108 valence electrons. The Bertz CT molecular complexity index is 257. The van der Waals surface area contributed by atoms with Gasteiger partial charge in [0.2, 0.25) is 5.91 Å². The maximum absolute atomic E-state index is 10.9. The summed E-state index contributed by atoms with van der Waals surface area (Å²) >= 11 is 0. The smallest absolute Gasteiger partial charge is 0.475 e. The molecule has 0 aromatic rings. The molecule has 6 nitrogen and oxygen atoms in total. The highest BCUT2D eigenvalue weighted by atomic mass is 19.4. The Balaban J connectivity index is 0. The molecule has 0 saturated carbocycles. The monoisotopic (exact) mass is 273 g/mol. The molecule has 0 aromatic carbocycles. The van der Waals surface area contributed by atoms with Crippen molar-refractivity contribution in [3.63, 3.8) is 0 Å². The van der Waals surface area contributed by atoms with E-state index in [-0.39, 0.29) is 5.91 Å². The number of nitrogens with zero attached hydrogens (tertiary/aromatic N) is 1. The molecule has 0 aromatic heterocycles. The molecular weight excluding hydrogens is 255 g/mol. The minimum atomic E-state index is -5.08. The number of carboxylic acids is 1. The van der Waals surface area contributed by atoms with E-state index < -0.39 is 12.1 Å². The number of likely N-dealkylation sites (N-methyl/N-ethyl adjacent to an activating group) is 1. The first-order valence-corrected chi connectivity index (χ1v) is 5.02. The molecule has 0 aliphatic rings. The summed E-state index contributed by atoms with van der Waals surface area (Å²) in [4.78, 5) is 21.7. The van der Waals surface area contributed by atoms with Crippen molar-refractivity contribution in [2.75, 3.05) is 33.7 Å². The zero-order valence-electron chi connectivity index (χ0n) is 10.3. The molecule has 4 N–H and O–H groups in total. The van der Waals surface area contributed by atoms with E-state index in [9.17, 15) is 18.0 Å². The van der Waals surface area contributed by atoms with Crippen LogP contribution in [-0.4, -0.2) is 61.8 Å². The maximum Gasteiger partial charge on any atom is 0.490 e. The lowest BCUT2D eigenvalue weighted by Crippen LogP contribution is -2.34. The summed E-state index contributed by atoms with van der Waals surface area (Å²) in [5.41, 5.74) is 5.25. The van der Waals surface area contributed by atoms with Crippen LogP contribution >= 0.6 is 0 Å². The van der Waals surface area contributed by atoms with E-state index in [2.05, 4.69) is 5.32 Å². The largest absolute Gasteiger partial charge is 0.490 e. The Labute approximate surface area is 103 Å². The highest BCUT2D eigenvalue weighted by Gasteiger charge is 2.38. The van der Waals surface area contributed by atoms with Crippen LogP contribution in [0.2, 0.25) is 0 Å². The van der Waals surface area contributed by atoms with Crippen LogP contribution in [0.4, 0.5) is 13.2 Å². The molecule has 0 rings (SSSR count). The molecule has 9 heteroatoms. The van der Waals surface area contributed by atoms with E-state index in [4.69, 9.17) is 15.6 Å². The van der Waals surface area contributed by atoms with Gasteiger partial charge in [0.05, 0.1) is 6.54 Å². The van der Waals surface area contributed by atoms with Crippen molar-refractivity contribution < 1.29 is 27.9 Å². The fraction of sp³-hybridized carbons (Fsp3) is 0.778. The van der Waals surface area contributed by atoms with Crippen molar-refractivity contribution in [1.82, 2.24) is 10.2 Å². The number of carbonyl (C=O) groups is 2. The first kappa shape index (κ1) is 19.0. The minimum absolute atomic E-state index is 0.0588. The van der Waals surface area contributed by atoms with Gasteiger partial charge in [-0.25, -0.2) is 4.79 Å². The van der Waals surface area contributed by atoms with Crippen LogP contribution in [0.15, 0.2) is 0 Å². The van der Waals surface area contributed by atoms with Gasteiger partial charge < -0.3 is 21.1 Å². The van der Waals surface area contributed by atoms with Crippen LogP contribution in [0.5, 0.6) is 0 Å². The summed E-state index contributed by atoms with van der Waals surface area (Å²) in [6, 6.07) is 0. The summed E-state index contributed by atoms with van der Waals surface area (Å²) in [6.45, 7) is 1.76. The molecule has 0 heterocycles. The van der Waals surface area contributed by atoms with Gasteiger partial charge in [0.1, 0.15) is 0 Å². The van der Waals surface area contributed by atoms with Crippen LogP contribution in [-0.2, 0) is 9.59 Å². The maximum atomic E-state index is 10.9. The van der Waals surface area contributed by atoms with Crippen LogP contribution in [0.25, 0.3) is 0 Å². The lowest BCUT2D eigenvalue weighted by Gasteiger charge is -2.09. The molecular formula is C9H18F3N3O3. The molecule has 0 fully saturated rings. The van der Waals surface area contributed by atoms with E-state index in [0.29, 0.717) is 19.6 Å². The van der Waals surface area contributed by atoms with Gasteiger partial charge in [0, 0.05) is 6.54 Å². The van der Waals surface area contributed by atoms with Crippen LogP contribution in [0, 0.1) is 0 Å². The number of nitrogens with two attached hydrogens (primary N) is 1. The third-order valence-electron chi connectivity index (χ3n) is 1.41. The van der Waals surface area contributed by atoms with Gasteiger partial charge in [-0.2, -0.15) is 13.2 Å². The van der Waals surface area contributed by atoms with Gasteiger partial charge in [0.15, 0.2) is 0 Å². The Morgan fingerprint density at radius 1 is 1.33 bits per heavy atom. The molecule has 0 aliphatic heterocycles. The summed E-state index contributed by atoms with van der Waals surface area (Å²) in [7, 11) is 3.73. The number of nitrogens with one attached hydrogen (secondary N) is 1. The third-order valence-corrected chi connectivity index (χ3v) is 1.41. The number of alkyl halides is 3.